The van der Waals surface area contributed by atoms with Gasteiger partial charge < -0.3 is 15.2 Å². The van der Waals surface area contributed by atoms with Gasteiger partial charge in [0.05, 0.1) is 6.10 Å². The molecule has 9 nitrogen and oxygen atoms in total. The Bertz CT molecular complexity index is 943. The molecule has 1 aliphatic heterocycles. The van der Waals surface area contributed by atoms with Crippen molar-refractivity contribution in [2.24, 2.45) is 0 Å². The zero-order chi connectivity index (χ0) is 17.6. The molecule has 0 spiro atoms. The van der Waals surface area contributed by atoms with Crippen molar-refractivity contribution in [3.05, 3.63) is 32.2 Å². The summed E-state index contributed by atoms with van der Waals surface area (Å²) >= 11 is 0.727. The first-order valence-electron chi connectivity index (χ1n) is 7.25. The van der Waals surface area contributed by atoms with Gasteiger partial charge >= 0.3 is 10.8 Å². The minimum atomic E-state index is -0.943. The normalized spacial score (nSPS) is 23.8. The van der Waals surface area contributed by atoms with Gasteiger partial charge in [-0.05, 0) is 12.0 Å². The van der Waals surface area contributed by atoms with E-state index in [0.29, 0.717) is 12.0 Å². The lowest BCUT2D eigenvalue weighted by atomic mass is 10.1. The SMILES string of the molecule is C=C1[C@@H](OC(C)=O)[C@H](n2c(=O)sc3c(=O)[nH]c(N)nc32)O[C@@H]1CC. The van der Waals surface area contributed by atoms with Gasteiger partial charge in [-0.3, -0.25) is 23.9 Å². The number of hydrogen-bond acceptors (Lipinski definition) is 8. The van der Waals surface area contributed by atoms with E-state index in [1.165, 1.54) is 11.5 Å². The fraction of sp³-hybridized carbons (Fsp3) is 0.429. The number of nitrogens with two attached hydrogens (primary N) is 1. The molecule has 0 saturated carbocycles. The summed E-state index contributed by atoms with van der Waals surface area (Å²) in [7, 11) is 0. The lowest BCUT2D eigenvalue weighted by Gasteiger charge is -2.19. The number of ether oxygens (including phenoxy) is 2. The van der Waals surface area contributed by atoms with E-state index in [4.69, 9.17) is 15.2 Å². The number of aromatic nitrogens is 3. The third kappa shape index (κ3) is 2.53. The monoisotopic (exact) mass is 352 g/mol. The van der Waals surface area contributed by atoms with Crippen LogP contribution >= 0.6 is 11.3 Å². The first-order chi connectivity index (χ1) is 11.3. The molecule has 0 unspecified atom stereocenters. The predicted molar refractivity (Wildman–Crippen MR) is 87.8 cm³/mol. The Labute approximate surface area is 139 Å². The first kappa shape index (κ1) is 16.4. The first-order valence-corrected chi connectivity index (χ1v) is 8.07. The molecule has 3 N–H and O–H groups in total. The second-order valence-electron chi connectivity index (χ2n) is 5.37. The van der Waals surface area contributed by atoms with Gasteiger partial charge in [-0.2, -0.15) is 4.98 Å². The number of fused-ring (bicyclic) bond motifs is 1. The van der Waals surface area contributed by atoms with Crippen molar-refractivity contribution < 1.29 is 14.3 Å². The van der Waals surface area contributed by atoms with Crippen molar-refractivity contribution in [1.82, 2.24) is 14.5 Å². The van der Waals surface area contributed by atoms with Crippen LogP contribution in [0.25, 0.3) is 10.3 Å². The summed E-state index contributed by atoms with van der Waals surface area (Å²) in [6.07, 6.45) is -1.56. The van der Waals surface area contributed by atoms with Gasteiger partial charge in [-0.1, -0.05) is 24.8 Å². The Morgan fingerprint density at radius 1 is 1.54 bits per heavy atom. The number of esters is 1. The summed E-state index contributed by atoms with van der Waals surface area (Å²) in [5.41, 5.74) is 5.72. The van der Waals surface area contributed by atoms with Gasteiger partial charge in [0.25, 0.3) is 5.56 Å². The molecular formula is C14H16N4O5S. The van der Waals surface area contributed by atoms with Crippen LogP contribution in [0.4, 0.5) is 5.95 Å². The van der Waals surface area contributed by atoms with Crippen LogP contribution in [-0.4, -0.2) is 32.7 Å². The Morgan fingerprint density at radius 2 is 2.25 bits per heavy atom. The van der Waals surface area contributed by atoms with Crippen LogP contribution in [0, 0.1) is 0 Å². The number of hydrogen-bond donors (Lipinski definition) is 2. The van der Waals surface area contributed by atoms with Gasteiger partial charge in [-0.25, -0.2) is 0 Å². The maximum Gasteiger partial charge on any atom is 0.311 e. The van der Waals surface area contributed by atoms with Crippen LogP contribution in [-0.2, 0) is 14.3 Å². The highest BCUT2D eigenvalue weighted by molar-refractivity contribution is 7.16. The second kappa shape index (κ2) is 5.87. The molecule has 24 heavy (non-hydrogen) atoms. The number of nitrogens with zero attached hydrogens (tertiary/aromatic N) is 2. The number of thiazole rings is 1. The van der Waals surface area contributed by atoms with E-state index >= 15 is 0 Å². The summed E-state index contributed by atoms with van der Waals surface area (Å²) in [6.45, 7) is 7.07. The van der Waals surface area contributed by atoms with Crippen LogP contribution < -0.4 is 16.2 Å². The highest BCUT2D eigenvalue weighted by atomic mass is 32.1. The van der Waals surface area contributed by atoms with Gasteiger partial charge in [0.2, 0.25) is 5.95 Å². The summed E-state index contributed by atoms with van der Waals surface area (Å²) in [5, 5.41) is 0. The van der Waals surface area contributed by atoms with E-state index in [0.717, 1.165) is 11.3 Å². The predicted octanol–water partition coefficient (Wildman–Crippen LogP) is 0.524. The summed E-state index contributed by atoms with van der Waals surface area (Å²) in [6, 6.07) is 0. The van der Waals surface area contributed by atoms with Gasteiger partial charge in [-0.15, -0.1) is 0 Å². The van der Waals surface area contributed by atoms with Crippen LogP contribution in [0.5, 0.6) is 0 Å². The fourth-order valence-electron chi connectivity index (χ4n) is 2.73. The van der Waals surface area contributed by atoms with Crippen LogP contribution in [0.2, 0.25) is 0 Å². The molecule has 3 heterocycles. The van der Waals surface area contributed by atoms with Crippen LogP contribution in [0.15, 0.2) is 21.7 Å². The molecule has 0 radical (unpaired) electrons. The summed E-state index contributed by atoms with van der Waals surface area (Å²) in [5.74, 6) is -0.642. The Balaban J connectivity index is 2.19. The summed E-state index contributed by atoms with van der Waals surface area (Å²) in [4.78, 5) is 41.7. The molecule has 0 bridgehead atoms. The lowest BCUT2D eigenvalue weighted by Crippen LogP contribution is -2.30. The largest absolute Gasteiger partial charge is 0.453 e. The topological polar surface area (TPSA) is 129 Å². The van der Waals surface area contributed by atoms with Crippen molar-refractivity contribution in [2.75, 3.05) is 5.73 Å². The van der Waals surface area contributed by atoms with E-state index in [-0.39, 0.29) is 22.4 Å². The molecule has 1 aliphatic rings. The third-order valence-electron chi connectivity index (χ3n) is 3.75. The fourth-order valence-corrected chi connectivity index (χ4v) is 3.57. The van der Waals surface area contributed by atoms with Crippen molar-refractivity contribution >= 4 is 33.6 Å². The molecule has 3 atom stereocenters. The quantitative estimate of drug-likeness (QED) is 0.608. The molecule has 1 fully saturated rings. The Kier molecular flexibility index (Phi) is 4.01. The maximum absolute atomic E-state index is 12.4. The number of H-pyrrole nitrogens is 1. The molecule has 10 heteroatoms. The van der Waals surface area contributed by atoms with Crippen molar-refractivity contribution in [1.29, 1.82) is 0 Å². The highest BCUT2D eigenvalue weighted by Crippen LogP contribution is 2.37. The number of nitrogen functional groups attached to an aromatic ring is 1. The minimum Gasteiger partial charge on any atom is -0.453 e. The smallest absolute Gasteiger partial charge is 0.311 e. The zero-order valence-electron chi connectivity index (χ0n) is 13.1. The molecule has 3 rings (SSSR count). The minimum absolute atomic E-state index is 0.0953. The standard InChI is InChI=1S/C14H16N4O5S/c1-4-7-5(2)8(22-6(3)19)12(23-7)18-10-9(24-14(18)21)11(20)17-13(15)16-10/h7-8,12H,2,4H2,1,3H3,(H3,15,16,17,20)/t7-,8-,12-/m1/s1. The third-order valence-corrected chi connectivity index (χ3v) is 4.69. The average molecular weight is 352 g/mol. The van der Waals surface area contributed by atoms with E-state index in [1.54, 1.807) is 0 Å². The van der Waals surface area contributed by atoms with Crippen molar-refractivity contribution in [3.63, 3.8) is 0 Å². The number of aromatic amines is 1. The van der Waals surface area contributed by atoms with Crippen molar-refractivity contribution in [3.8, 4) is 0 Å². The van der Waals surface area contributed by atoms with Gasteiger partial charge in [0.1, 0.15) is 4.70 Å². The van der Waals surface area contributed by atoms with E-state index in [2.05, 4.69) is 16.5 Å². The maximum atomic E-state index is 12.4. The molecule has 0 aliphatic carbocycles. The molecule has 2 aromatic rings. The lowest BCUT2D eigenvalue weighted by molar-refractivity contribution is -0.151. The van der Waals surface area contributed by atoms with E-state index < -0.39 is 28.7 Å². The number of carbonyl (C=O) groups is 1. The van der Waals surface area contributed by atoms with Crippen LogP contribution in [0.3, 0.4) is 0 Å². The van der Waals surface area contributed by atoms with E-state index in [9.17, 15) is 14.4 Å². The molecule has 0 amide bonds. The molecule has 0 aromatic carbocycles. The van der Waals surface area contributed by atoms with E-state index in [1.807, 2.05) is 6.92 Å². The Morgan fingerprint density at radius 3 is 2.88 bits per heavy atom. The van der Waals surface area contributed by atoms with Crippen molar-refractivity contribution in [2.45, 2.75) is 38.7 Å². The molecular weight excluding hydrogens is 336 g/mol. The summed E-state index contributed by atoms with van der Waals surface area (Å²) < 4.78 is 12.5. The number of anilines is 1. The van der Waals surface area contributed by atoms with Gasteiger partial charge in [0.15, 0.2) is 18.0 Å². The molecule has 1 saturated heterocycles. The average Bonchev–Trinajstić information content (AvgIpc) is 2.97. The number of carbonyl (C=O) groups excluding carboxylic acids is 1. The zero-order valence-corrected chi connectivity index (χ0v) is 13.9. The molecule has 2 aromatic heterocycles. The highest BCUT2D eigenvalue weighted by Gasteiger charge is 2.43. The Hall–Kier alpha value is -2.46. The van der Waals surface area contributed by atoms with Gasteiger partial charge in [0, 0.05) is 6.92 Å². The second-order valence-corrected chi connectivity index (χ2v) is 6.33. The van der Waals surface area contributed by atoms with Crippen LogP contribution in [0.1, 0.15) is 26.5 Å². The molecule has 128 valence electrons. The number of rotatable bonds is 3. The number of nitrogens with one attached hydrogen (secondary N) is 1.